The number of hydrogen-bond donors (Lipinski definition) is 1. The van der Waals surface area contributed by atoms with E-state index in [0.717, 1.165) is 19.1 Å². The number of piperidine rings is 1. The lowest BCUT2D eigenvalue weighted by atomic mass is 10.0. The Bertz CT molecular complexity index is 169. The molecule has 0 aliphatic carbocycles. The summed E-state index contributed by atoms with van der Waals surface area (Å²) < 4.78 is 5.69. The van der Waals surface area contributed by atoms with Crippen molar-refractivity contribution in [3.8, 4) is 0 Å². The van der Waals surface area contributed by atoms with E-state index in [9.17, 15) is 0 Å². The molecule has 0 aromatic heterocycles. The van der Waals surface area contributed by atoms with Crippen molar-refractivity contribution in [2.45, 2.75) is 25.9 Å². The van der Waals surface area contributed by atoms with Crippen LogP contribution in [0.15, 0.2) is 0 Å². The zero-order chi connectivity index (χ0) is 9.80. The van der Waals surface area contributed by atoms with Crippen molar-refractivity contribution >= 4 is 0 Å². The van der Waals surface area contributed by atoms with E-state index < -0.39 is 0 Å². The molecule has 0 saturated carbocycles. The van der Waals surface area contributed by atoms with Crippen molar-refractivity contribution in [1.29, 1.82) is 0 Å². The molecule has 0 bridgehead atoms. The van der Waals surface area contributed by atoms with Crippen LogP contribution >= 0.6 is 0 Å². The van der Waals surface area contributed by atoms with Gasteiger partial charge in [0.05, 0.1) is 6.10 Å². The number of nitrogens with zero attached hydrogens (tertiary/aromatic N) is 1. The SMILES string of the molecule is CCOC1CCCN(CC2CNC2)C1. The normalized spacial score (nSPS) is 30.2. The topological polar surface area (TPSA) is 24.5 Å². The van der Waals surface area contributed by atoms with E-state index in [0.29, 0.717) is 6.10 Å². The highest BCUT2D eigenvalue weighted by Gasteiger charge is 2.24. The van der Waals surface area contributed by atoms with Gasteiger partial charge in [0.15, 0.2) is 0 Å². The van der Waals surface area contributed by atoms with Crippen LogP contribution in [0.1, 0.15) is 19.8 Å². The summed E-state index contributed by atoms with van der Waals surface area (Å²) in [6.07, 6.45) is 3.07. The van der Waals surface area contributed by atoms with E-state index in [-0.39, 0.29) is 0 Å². The second-order valence-electron chi connectivity index (χ2n) is 4.50. The van der Waals surface area contributed by atoms with Gasteiger partial charge in [-0.2, -0.15) is 0 Å². The highest BCUT2D eigenvalue weighted by Crippen LogP contribution is 2.15. The van der Waals surface area contributed by atoms with Crippen molar-refractivity contribution in [3.63, 3.8) is 0 Å². The molecule has 0 aromatic carbocycles. The van der Waals surface area contributed by atoms with Gasteiger partial charge in [0.1, 0.15) is 0 Å². The van der Waals surface area contributed by atoms with Gasteiger partial charge in [-0.3, -0.25) is 0 Å². The number of rotatable bonds is 4. The first-order chi connectivity index (χ1) is 6.88. The van der Waals surface area contributed by atoms with Crippen molar-refractivity contribution < 1.29 is 4.74 Å². The molecule has 0 spiro atoms. The molecule has 1 atom stereocenters. The predicted molar refractivity (Wildman–Crippen MR) is 57.4 cm³/mol. The molecule has 0 radical (unpaired) electrons. The van der Waals surface area contributed by atoms with E-state index in [1.54, 1.807) is 0 Å². The minimum absolute atomic E-state index is 0.502. The molecule has 0 amide bonds. The van der Waals surface area contributed by atoms with E-state index in [4.69, 9.17) is 4.74 Å². The Morgan fingerprint density at radius 1 is 1.43 bits per heavy atom. The van der Waals surface area contributed by atoms with Gasteiger partial charge < -0.3 is 15.0 Å². The summed E-state index contributed by atoms with van der Waals surface area (Å²) >= 11 is 0. The van der Waals surface area contributed by atoms with Crippen molar-refractivity contribution in [2.75, 3.05) is 39.3 Å². The maximum absolute atomic E-state index is 5.69. The van der Waals surface area contributed by atoms with Gasteiger partial charge in [-0.25, -0.2) is 0 Å². The highest BCUT2D eigenvalue weighted by atomic mass is 16.5. The van der Waals surface area contributed by atoms with Gasteiger partial charge in [0, 0.05) is 32.8 Å². The molecule has 3 heteroatoms. The molecule has 2 aliphatic rings. The Morgan fingerprint density at radius 3 is 2.93 bits per heavy atom. The number of hydrogen-bond acceptors (Lipinski definition) is 3. The monoisotopic (exact) mass is 198 g/mol. The molecule has 82 valence electrons. The van der Waals surface area contributed by atoms with E-state index in [1.165, 1.54) is 39.0 Å². The molecule has 3 nitrogen and oxygen atoms in total. The molecule has 2 aliphatic heterocycles. The Hall–Kier alpha value is -0.120. The first-order valence-electron chi connectivity index (χ1n) is 5.93. The smallest absolute Gasteiger partial charge is 0.0702 e. The fourth-order valence-corrected chi connectivity index (χ4v) is 2.39. The molecule has 2 fully saturated rings. The fraction of sp³-hybridized carbons (Fsp3) is 1.00. The van der Waals surface area contributed by atoms with Crippen LogP contribution in [-0.2, 0) is 4.74 Å². The average molecular weight is 198 g/mol. The molecule has 2 rings (SSSR count). The van der Waals surface area contributed by atoms with Gasteiger partial charge in [0.25, 0.3) is 0 Å². The summed E-state index contributed by atoms with van der Waals surface area (Å²) in [5.74, 6) is 0.898. The zero-order valence-electron chi connectivity index (χ0n) is 9.17. The summed E-state index contributed by atoms with van der Waals surface area (Å²) in [4.78, 5) is 2.58. The van der Waals surface area contributed by atoms with Crippen LogP contribution in [0.3, 0.4) is 0 Å². The first-order valence-corrected chi connectivity index (χ1v) is 5.93. The number of nitrogens with one attached hydrogen (secondary N) is 1. The molecule has 2 heterocycles. The van der Waals surface area contributed by atoms with Crippen molar-refractivity contribution in [3.05, 3.63) is 0 Å². The minimum Gasteiger partial charge on any atom is -0.377 e. The maximum atomic E-state index is 5.69. The third kappa shape index (κ3) is 2.69. The Balaban J connectivity index is 1.69. The van der Waals surface area contributed by atoms with E-state index in [2.05, 4.69) is 17.1 Å². The van der Waals surface area contributed by atoms with Gasteiger partial charge in [-0.05, 0) is 32.2 Å². The van der Waals surface area contributed by atoms with Crippen LogP contribution in [0.4, 0.5) is 0 Å². The Kier molecular flexibility index (Phi) is 3.79. The summed E-state index contributed by atoms with van der Waals surface area (Å²) in [5, 5.41) is 3.33. The quantitative estimate of drug-likeness (QED) is 0.720. The number of ether oxygens (including phenoxy) is 1. The third-order valence-corrected chi connectivity index (χ3v) is 3.25. The van der Waals surface area contributed by atoms with E-state index in [1.807, 2.05) is 0 Å². The standard InChI is InChI=1S/C11H22N2O/c1-2-14-11-4-3-5-13(9-11)8-10-6-12-7-10/h10-12H,2-9H2,1H3. The molecule has 0 aromatic rings. The lowest BCUT2D eigenvalue weighted by molar-refractivity contribution is -0.000394. The predicted octanol–water partition coefficient (Wildman–Crippen LogP) is 0.707. The second kappa shape index (κ2) is 5.10. The van der Waals surface area contributed by atoms with Crippen LogP contribution in [0.2, 0.25) is 0 Å². The summed E-state index contributed by atoms with van der Waals surface area (Å²) in [6.45, 7) is 9.10. The second-order valence-corrected chi connectivity index (χ2v) is 4.50. The van der Waals surface area contributed by atoms with Crippen LogP contribution in [0.25, 0.3) is 0 Å². The maximum Gasteiger partial charge on any atom is 0.0702 e. The molecular formula is C11H22N2O. The average Bonchev–Trinajstić information content (AvgIpc) is 2.13. The highest BCUT2D eigenvalue weighted by molar-refractivity contribution is 4.81. The zero-order valence-corrected chi connectivity index (χ0v) is 9.17. The van der Waals surface area contributed by atoms with Gasteiger partial charge >= 0.3 is 0 Å². The first kappa shape index (κ1) is 10.4. The fourth-order valence-electron chi connectivity index (χ4n) is 2.39. The lowest BCUT2D eigenvalue weighted by Crippen LogP contribution is -2.51. The van der Waals surface area contributed by atoms with Crippen LogP contribution in [-0.4, -0.2) is 50.3 Å². The van der Waals surface area contributed by atoms with Crippen molar-refractivity contribution in [2.24, 2.45) is 5.92 Å². The summed E-state index contributed by atoms with van der Waals surface area (Å²) in [6, 6.07) is 0. The van der Waals surface area contributed by atoms with Gasteiger partial charge in [0.2, 0.25) is 0 Å². The summed E-state index contributed by atoms with van der Waals surface area (Å²) in [5.41, 5.74) is 0. The van der Waals surface area contributed by atoms with Crippen LogP contribution in [0, 0.1) is 5.92 Å². The van der Waals surface area contributed by atoms with Crippen LogP contribution in [0.5, 0.6) is 0 Å². The summed E-state index contributed by atoms with van der Waals surface area (Å²) in [7, 11) is 0. The number of likely N-dealkylation sites (tertiary alicyclic amines) is 1. The van der Waals surface area contributed by atoms with Gasteiger partial charge in [-0.15, -0.1) is 0 Å². The van der Waals surface area contributed by atoms with E-state index >= 15 is 0 Å². The van der Waals surface area contributed by atoms with Crippen molar-refractivity contribution in [1.82, 2.24) is 10.2 Å². The minimum atomic E-state index is 0.502. The Morgan fingerprint density at radius 2 is 2.29 bits per heavy atom. The molecule has 2 saturated heterocycles. The molecule has 14 heavy (non-hydrogen) atoms. The lowest BCUT2D eigenvalue weighted by Gasteiger charge is -2.37. The molecule has 1 N–H and O–H groups in total. The van der Waals surface area contributed by atoms with Gasteiger partial charge in [-0.1, -0.05) is 0 Å². The molecular weight excluding hydrogens is 176 g/mol. The Labute approximate surface area is 86.8 Å². The van der Waals surface area contributed by atoms with Crippen LogP contribution < -0.4 is 5.32 Å². The third-order valence-electron chi connectivity index (χ3n) is 3.25. The largest absolute Gasteiger partial charge is 0.377 e. The molecule has 1 unspecified atom stereocenters.